The predicted molar refractivity (Wildman–Crippen MR) is 99.8 cm³/mol. The molecule has 1 N–H and O–H groups in total. The SMILES string of the molecule is CN(C)CCn1ccnc1C1CCCN(C(=O)Nc2ccccc2)C1. The smallest absolute Gasteiger partial charge is 0.321 e. The number of amides is 2. The molecule has 3 rings (SSSR count). The lowest BCUT2D eigenvalue weighted by Gasteiger charge is -2.32. The van der Waals surface area contributed by atoms with Crippen LogP contribution in [0.25, 0.3) is 0 Å². The number of urea groups is 1. The van der Waals surface area contributed by atoms with Crippen LogP contribution in [0, 0.1) is 0 Å². The molecule has 1 aromatic carbocycles. The molecule has 0 radical (unpaired) electrons. The van der Waals surface area contributed by atoms with Gasteiger partial charge in [0.05, 0.1) is 0 Å². The summed E-state index contributed by atoms with van der Waals surface area (Å²) in [6.07, 6.45) is 6.00. The third-order valence-corrected chi connectivity index (χ3v) is 4.63. The number of carbonyl (C=O) groups excluding carboxylic acids is 1. The molecule has 1 aliphatic heterocycles. The molecular weight excluding hydrogens is 314 g/mol. The van der Waals surface area contributed by atoms with Crippen molar-refractivity contribution >= 4 is 11.7 Å². The number of nitrogens with zero attached hydrogens (tertiary/aromatic N) is 4. The molecule has 1 aliphatic rings. The van der Waals surface area contributed by atoms with Crippen molar-refractivity contribution < 1.29 is 4.79 Å². The van der Waals surface area contributed by atoms with Gasteiger partial charge in [0.15, 0.2) is 0 Å². The molecule has 2 heterocycles. The van der Waals surface area contributed by atoms with E-state index in [-0.39, 0.29) is 6.03 Å². The van der Waals surface area contributed by atoms with E-state index in [1.807, 2.05) is 47.6 Å². The number of nitrogens with one attached hydrogen (secondary N) is 1. The molecule has 0 spiro atoms. The Labute approximate surface area is 149 Å². The molecule has 1 aromatic heterocycles. The van der Waals surface area contributed by atoms with Gasteiger partial charge < -0.3 is 19.7 Å². The van der Waals surface area contributed by atoms with Crippen LogP contribution in [0.5, 0.6) is 0 Å². The van der Waals surface area contributed by atoms with Gasteiger partial charge in [-0.25, -0.2) is 9.78 Å². The zero-order valence-electron chi connectivity index (χ0n) is 15.1. The summed E-state index contributed by atoms with van der Waals surface area (Å²) >= 11 is 0. The maximum atomic E-state index is 12.6. The molecule has 6 heteroatoms. The highest BCUT2D eigenvalue weighted by Crippen LogP contribution is 2.26. The number of para-hydroxylation sites is 1. The van der Waals surface area contributed by atoms with E-state index in [0.29, 0.717) is 5.92 Å². The van der Waals surface area contributed by atoms with E-state index < -0.39 is 0 Å². The van der Waals surface area contributed by atoms with Gasteiger partial charge in [-0.2, -0.15) is 0 Å². The Morgan fingerprint density at radius 2 is 2.12 bits per heavy atom. The topological polar surface area (TPSA) is 53.4 Å². The first-order valence-corrected chi connectivity index (χ1v) is 8.90. The van der Waals surface area contributed by atoms with E-state index in [2.05, 4.69) is 33.9 Å². The molecule has 134 valence electrons. The van der Waals surface area contributed by atoms with Crippen LogP contribution in [0.2, 0.25) is 0 Å². The van der Waals surface area contributed by atoms with Crippen molar-refractivity contribution in [2.75, 3.05) is 39.0 Å². The molecule has 0 aliphatic carbocycles. The summed E-state index contributed by atoms with van der Waals surface area (Å²) in [5.74, 6) is 1.39. The van der Waals surface area contributed by atoms with Gasteiger partial charge >= 0.3 is 6.03 Å². The van der Waals surface area contributed by atoms with Crippen LogP contribution in [0.15, 0.2) is 42.7 Å². The van der Waals surface area contributed by atoms with Crippen molar-refractivity contribution in [3.05, 3.63) is 48.5 Å². The highest BCUT2D eigenvalue weighted by atomic mass is 16.2. The number of likely N-dealkylation sites (N-methyl/N-ethyl adjacent to an activating group) is 1. The van der Waals surface area contributed by atoms with Gasteiger partial charge in [-0.1, -0.05) is 18.2 Å². The predicted octanol–water partition coefficient (Wildman–Crippen LogP) is 2.86. The van der Waals surface area contributed by atoms with Gasteiger partial charge in [-0.3, -0.25) is 0 Å². The van der Waals surface area contributed by atoms with Crippen LogP contribution in [0.1, 0.15) is 24.6 Å². The van der Waals surface area contributed by atoms with Crippen molar-refractivity contribution in [1.82, 2.24) is 19.4 Å². The number of anilines is 1. The molecule has 1 unspecified atom stereocenters. The average Bonchev–Trinajstić information content (AvgIpc) is 3.09. The van der Waals surface area contributed by atoms with Gasteiger partial charge in [-0.15, -0.1) is 0 Å². The van der Waals surface area contributed by atoms with Gasteiger partial charge in [-0.05, 0) is 39.1 Å². The monoisotopic (exact) mass is 341 g/mol. The number of carbonyl (C=O) groups is 1. The minimum absolute atomic E-state index is 0.0257. The molecule has 1 atom stereocenters. The normalized spacial score (nSPS) is 17.7. The van der Waals surface area contributed by atoms with Crippen molar-refractivity contribution in [3.63, 3.8) is 0 Å². The third kappa shape index (κ3) is 4.60. The van der Waals surface area contributed by atoms with Crippen molar-refractivity contribution in [3.8, 4) is 0 Å². The molecule has 25 heavy (non-hydrogen) atoms. The van der Waals surface area contributed by atoms with E-state index in [9.17, 15) is 4.79 Å². The largest absolute Gasteiger partial charge is 0.333 e. The van der Waals surface area contributed by atoms with Crippen LogP contribution in [-0.4, -0.2) is 59.1 Å². The van der Waals surface area contributed by atoms with Gasteiger partial charge in [0.25, 0.3) is 0 Å². The van der Waals surface area contributed by atoms with Gasteiger partial charge in [0.2, 0.25) is 0 Å². The summed E-state index contributed by atoms with van der Waals surface area (Å²) in [6.45, 7) is 3.43. The Bertz CT molecular complexity index is 682. The average molecular weight is 341 g/mol. The van der Waals surface area contributed by atoms with Gasteiger partial charge in [0.1, 0.15) is 5.82 Å². The minimum Gasteiger partial charge on any atom is -0.333 e. The fraction of sp³-hybridized carbons (Fsp3) is 0.474. The highest BCUT2D eigenvalue weighted by Gasteiger charge is 2.27. The van der Waals surface area contributed by atoms with Crippen molar-refractivity contribution in [2.24, 2.45) is 0 Å². The Kier molecular flexibility index (Phi) is 5.71. The summed E-state index contributed by atoms with van der Waals surface area (Å²) in [5.41, 5.74) is 0.835. The fourth-order valence-electron chi connectivity index (χ4n) is 3.27. The van der Waals surface area contributed by atoms with E-state index in [1.165, 1.54) is 0 Å². The third-order valence-electron chi connectivity index (χ3n) is 4.63. The van der Waals surface area contributed by atoms with Crippen LogP contribution >= 0.6 is 0 Å². The van der Waals surface area contributed by atoms with Crippen LogP contribution in [0.3, 0.4) is 0 Å². The summed E-state index contributed by atoms with van der Waals surface area (Å²) in [5, 5.41) is 2.99. The highest BCUT2D eigenvalue weighted by molar-refractivity contribution is 5.89. The molecule has 2 amide bonds. The molecule has 2 aromatic rings. The Balaban J connectivity index is 1.63. The number of likely N-dealkylation sites (tertiary alicyclic amines) is 1. The quantitative estimate of drug-likeness (QED) is 0.910. The standard InChI is InChI=1S/C19H27N5O/c1-22(2)13-14-23-12-10-20-18(23)16-7-6-11-24(15-16)19(25)21-17-8-4-3-5-9-17/h3-5,8-10,12,16H,6-7,11,13-15H2,1-2H3,(H,21,25). The van der Waals surface area contributed by atoms with Crippen molar-refractivity contribution in [1.29, 1.82) is 0 Å². The molecule has 6 nitrogen and oxygen atoms in total. The summed E-state index contributed by atoms with van der Waals surface area (Å²) in [4.78, 5) is 21.2. The number of benzene rings is 1. The van der Waals surface area contributed by atoms with E-state index in [4.69, 9.17) is 0 Å². The van der Waals surface area contributed by atoms with E-state index in [0.717, 1.165) is 50.5 Å². The van der Waals surface area contributed by atoms with Crippen molar-refractivity contribution in [2.45, 2.75) is 25.3 Å². The number of hydrogen-bond donors (Lipinski definition) is 1. The number of imidazole rings is 1. The summed E-state index contributed by atoms with van der Waals surface area (Å²) in [7, 11) is 4.15. The molecule has 0 bridgehead atoms. The molecule has 1 saturated heterocycles. The Hall–Kier alpha value is -2.34. The lowest BCUT2D eigenvalue weighted by molar-refractivity contribution is 0.190. The lowest BCUT2D eigenvalue weighted by atomic mass is 9.97. The van der Waals surface area contributed by atoms with E-state index >= 15 is 0 Å². The molecule has 1 fully saturated rings. The second-order valence-electron chi connectivity index (χ2n) is 6.86. The maximum Gasteiger partial charge on any atom is 0.321 e. The first-order chi connectivity index (χ1) is 12.1. The zero-order chi connectivity index (χ0) is 17.6. The van der Waals surface area contributed by atoms with E-state index in [1.54, 1.807) is 0 Å². The molecular formula is C19H27N5O. The zero-order valence-corrected chi connectivity index (χ0v) is 15.1. The molecule has 0 saturated carbocycles. The minimum atomic E-state index is -0.0257. The Morgan fingerprint density at radius 3 is 2.88 bits per heavy atom. The first kappa shape index (κ1) is 17.5. The van der Waals surface area contributed by atoms with Crippen LogP contribution < -0.4 is 5.32 Å². The van der Waals surface area contributed by atoms with Crippen LogP contribution in [0.4, 0.5) is 10.5 Å². The fourth-order valence-corrected chi connectivity index (χ4v) is 3.27. The first-order valence-electron chi connectivity index (χ1n) is 8.90. The lowest BCUT2D eigenvalue weighted by Crippen LogP contribution is -2.42. The Morgan fingerprint density at radius 1 is 1.32 bits per heavy atom. The number of aromatic nitrogens is 2. The van der Waals surface area contributed by atoms with Crippen LogP contribution in [-0.2, 0) is 6.54 Å². The maximum absolute atomic E-state index is 12.6. The summed E-state index contributed by atoms with van der Waals surface area (Å²) < 4.78 is 2.23. The number of piperidine rings is 1. The second kappa shape index (κ2) is 8.16. The van der Waals surface area contributed by atoms with Gasteiger partial charge in [0, 0.05) is 50.2 Å². The summed E-state index contributed by atoms with van der Waals surface area (Å²) in [6, 6.07) is 9.59. The number of rotatable bonds is 5. The number of hydrogen-bond acceptors (Lipinski definition) is 3. The second-order valence-corrected chi connectivity index (χ2v) is 6.86.